The van der Waals surface area contributed by atoms with E-state index in [2.05, 4.69) is 0 Å². The highest BCUT2D eigenvalue weighted by atomic mass is 16.2. The zero-order valence-electron chi connectivity index (χ0n) is 18.8. The quantitative estimate of drug-likeness (QED) is 0.340. The van der Waals surface area contributed by atoms with Gasteiger partial charge in [-0.3, -0.25) is 19.2 Å². The second kappa shape index (κ2) is 7.64. The third-order valence-corrected chi connectivity index (χ3v) is 6.36. The van der Waals surface area contributed by atoms with Crippen LogP contribution in [0.15, 0.2) is 84.9 Å². The highest BCUT2D eigenvalue weighted by Crippen LogP contribution is 2.35. The number of anilines is 4. The Morgan fingerprint density at radius 3 is 1.22 bits per heavy atom. The summed E-state index contributed by atoms with van der Waals surface area (Å²) in [5, 5.41) is 0. The molecular weight excluding hydrogens is 456 g/mol. The van der Waals surface area contributed by atoms with Gasteiger partial charge in [0.1, 0.15) is 0 Å². The van der Waals surface area contributed by atoms with E-state index in [9.17, 15) is 19.2 Å². The predicted octanol–water partition coefficient (Wildman–Crippen LogP) is 4.12. The van der Waals surface area contributed by atoms with Crippen LogP contribution in [-0.2, 0) is 0 Å². The van der Waals surface area contributed by atoms with Gasteiger partial charge >= 0.3 is 0 Å². The molecule has 36 heavy (non-hydrogen) atoms. The average Bonchev–Trinajstić information content (AvgIpc) is 3.27. The van der Waals surface area contributed by atoms with Gasteiger partial charge in [0.05, 0.1) is 33.6 Å². The number of carbonyl (C=O) groups excluding carboxylic acids is 4. The van der Waals surface area contributed by atoms with E-state index in [0.717, 1.165) is 9.80 Å². The summed E-state index contributed by atoms with van der Waals surface area (Å²) in [6.45, 7) is 0. The van der Waals surface area contributed by atoms with E-state index in [-0.39, 0.29) is 22.3 Å². The minimum Gasteiger partial charge on any atom is -0.399 e. The third kappa shape index (κ3) is 3.08. The zero-order chi connectivity index (χ0) is 25.1. The Kier molecular flexibility index (Phi) is 4.52. The van der Waals surface area contributed by atoms with Crippen LogP contribution in [0.4, 0.5) is 22.7 Å². The smallest absolute Gasteiger partial charge is 0.266 e. The Morgan fingerprint density at radius 2 is 0.833 bits per heavy atom. The molecule has 4 aromatic carbocycles. The summed E-state index contributed by atoms with van der Waals surface area (Å²) < 4.78 is 0. The number of nitrogen functional groups attached to an aromatic ring is 2. The van der Waals surface area contributed by atoms with Gasteiger partial charge < -0.3 is 11.5 Å². The van der Waals surface area contributed by atoms with Crippen LogP contribution < -0.4 is 21.3 Å². The fourth-order valence-electron chi connectivity index (χ4n) is 4.64. The third-order valence-electron chi connectivity index (χ3n) is 6.36. The van der Waals surface area contributed by atoms with E-state index in [0.29, 0.717) is 33.9 Å². The molecule has 4 N–H and O–H groups in total. The summed E-state index contributed by atoms with van der Waals surface area (Å²) in [5.74, 6) is -1.77. The minimum absolute atomic E-state index is 0.254. The lowest BCUT2D eigenvalue weighted by Crippen LogP contribution is -2.29. The van der Waals surface area contributed by atoms with Crippen molar-refractivity contribution >= 4 is 46.4 Å². The van der Waals surface area contributed by atoms with Crippen molar-refractivity contribution in [2.24, 2.45) is 0 Å². The number of nitrogens with zero attached hydrogens (tertiary/aromatic N) is 2. The monoisotopic (exact) mass is 474 g/mol. The highest BCUT2D eigenvalue weighted by Gasteiger charge is 2.38. The molecule has 0 spiro atoms. The molecule has 0 unspecified atom stereocenters. The first-order valence-corrected chi connectivity index (χ1v) is 11.1. The van der Waals surface area contributed by atoms with Gasteiger partial charge in [-0.1, -0.05) is 24.3 Å². The second-order valence-electron chi connectivity index (χ2n) is 8.60. The van der Waals surface area contributed by atoms with Crippen molar-refractivity contribution < 1.29 is 19.2 Å². The number of benzene rings is 4. The Balaban J connectivity index is 1.37. The van der Waals surface area contributed by atoms with Crippen molar-refractivity contribution in [2.75, 3.05) is 21.3 Å². The van der Waals surface area contributed by atoms with Crippen LogP contribution in [0.2, 0.25) is 0 Å². The molecule has 4 aromatic rings. The number of nitrogens with two attached hydrogens (primary N) is 2. The fourth-order valence-corrected chi connectivity index (χ4v) is 4.64. The predicted molar refractivity (Wildman–Crippen MR) is 136 cm³/mol. The molecule has 0 aromatic heterocycles. The lowest BCUT2D eigenvalue weighted by atomic mass is 9.97. The molecule has 2 heterocycles. The molecule has 8 heteroatoms. The maximum atomic E-state index is 13.2. The van der Waals surface area contributed by atoms with Gasteiger partial charge in [0, 0.05) is 11.4 Å². The van der Waals surface area contributed by atoms with Crippen LogP contribution in [-0.4, -0.2) is 23.6 Å². The number of fused-ring (bicyclic) bond motifs is 2. The molecule has 0 saturated carbocycles. The topological polar surface area (TPSA) is 127 Å². The molecule has 0 fully saturated rings. The van der Waals surface area contributed by atoms with E-state index >= 15 is 0 Å². The summed E-state index contributed by atoms with van der Waals surface area (Å²) in [6.07, 6.45) is 0. The van der Waals surface area contributed by atoms with Gasteiger partial charge in [0.15, 0.2) is 0 Å². The van der Waals surface area contributed by atoms with Crippen LogP contribution in [0.3, 0.4) is 0 Å². The molecule has 174 valence electrons. The second-order valence-corrected chi connectivity index (χ2v) is 8.60. The van der Waals surface area contributed by atoms with E-state index < -0.39 is 23.6 Å². The molecule has 0 aliphatic carbocycles. The largest absolute Gasteiger partial charge is 0.399 e. The number of hydrogen-bond donors (Lipinski definition) is 2. The van der Waals surface area contributed by atoms with Crippen LogP contribution >= 0.6 is 0 Å². The molecule has 0 bridgehead atoms. The van der Waals surface area contributed by atoms with Crippen molar-refractivity contribution in [3.05, 3.63) is 107 Å². The molecule has 8 nitrogen and oxygen atoms in total. The van der Waals surface area contributed by atoms with Crippen LogP contribution in [0.25, 0.3) is 11.1 Å². The molecular formula is C28H18N4O4. The van der Waals surface area contributed by atoms with E-state index in [1.54, 1.807) is 84.9 Å². The van der Waals surface area contributed by atoms with Crippen LogP contribution in [0.5, 0.6) is 0 Å². The number of amides is 4. The lowest BCUT2D eigenvalue weighted by molar-refractivity contribution is 0.0910. The maximum Gasteiger partial charge on any atom is 0.266 e. The molecule has 6 rings (SSSR count). The van der Waals surface area contributed by atoms with Crippen LogP contribution in [0, 0.1) is 0 Å². The SMILES string of the molecule is Nc1cccc(N2C(=O)c3ccc(-c4ccc5c(c4)C(=O)N(c4cccc(N)c4)C5=O)cc3C2=O)c1. The van der Waals surface area contributed by atoms with Gasteiger partial charge in [0.2, 0.25) is 0 Å². The number of hydrogen-bond acceptors (Lipinski definition) is 6. The summed E-state index contributed by atoms with van der Waals surface area (Å²) in [5.41, 5.74) is 15.7. The van der Waals surface area contributed by atoms with Gasteiger partial charge in [-0.25, -0.2) is 9.80 Å². The Bertz CT molecular complexity index is 1540. The molecule has 2 aliphatic rings. The standard InChI is InChI=1S/C28H18N4O4/c29-17-3-1-5-19(13-17)31-25(33)21-9-7-15(11-23(21)27(31)35)16-8-10-22-24(12-16)28(36)32(26(22)34)20-6-2-4-18(30)14-20/h1-14H,29-30H2. The molecule has 4 amide bonds. The van der Waals surface area contributed by atoms with E-state index in [1.165, 1.54) is 0 Å². The van der Waals surface area contributed by atoms with Crippen molar-refractivity contribution in [2.45, 2.75) is 0 Å². The summed E-state index contributed by atoms with van der Waals surface area (Å²) in [7, 11) is 0. The Morgan fingerprint density at radius 1 is 0.444 bits per heavy atom. The highest BCUT2D eigenvalue weighted by molar-refractivity contribution is 6.35. The Hall–Kier alpha value is -5.24. The summed E-state index contributed by atoms with van der Waals surface area (Å²) in [4.78, 5) is 54.4. The zero-order valence-corrected chi connectivity index (χ0v) is 18.8. The number of imide groups is 2. The van der Waals surface area contributed by atoms with Crippen molar-refractivity contribution in [3.63, 3.8) is 0 Å². The summed E-state index contributed by atoms with van der Waals surface area (Å²) >= 11 is 0. The van der Waals surface area contributed by atoms with Gasteiger partial charge in [-0.15, -0.1) is 0 Å². The summed E-state index contributed by atoms with van der Waals surface area (Å²) in [6, 6.07) is 23.0. The van der Waals surface area contributed by atoms with E-state index in [1.807, 2.05) is 0 Å². The molecule has 0 atom stereocenters. The maximum absolute atomic E-state index is 13.2. The molecule has 2 aliphatic heterocycles. The first-order valence-electron chi connectivity index (χ1n) is 11.1. The van der Waals surface area contributed by atoms with Crippen molar-refractivity contribution in [3.8, 4) is 11.1 Å². The molecule has 0 radical (unpaired) electrons. The van der Waals surface area contributed by atoms with Gasteiger partial charge in [-0.05, 0) is 71.8 Å². The Labute approximate surface area is 205 Å². The normalized spacial score (nSPS) is 14.4. The van der Waals surface area contributed by atoms with E-state index in [4.69, 9.17) is 11.5 Å². The van der Waals surface area contributed by atoms with Crippen molar-refractivity contribution in [1.82, 2.24) is 0 Å². The first-order chi connectivity index (χ1) is 17.3. The van der Waals surface area contributed by atoms with Gasteiger partial charge in [-0.2, -0.15) is 0 Å². The van der Waals surface area contributed by atoms with Crippen LogP contribution in [0.1, 0.15) is 41.4 Å². The minimum atomic E-state index is -0.456. The number of rotatable bonds is 3. The lowest BCUT2D eigenvalue weighted by Gasteiger charge is -2.14. The molecule has 0 saturated heterocycles. The van der Waals surface area contributed by atoms with Crippen molar-refractivity contribution in [1.29, 1.82) is 0 Å². The van der Waals surface area contributed by atoms with Gasteiger partial charge in [0.25, 0.3) is 23.6 Å². The average molecular weight is 474 g/mol. The number of carbonyl (C=O) groups is 4. The first kappa shape index (κ1) is 21.3. The fraction of sp³-hybridized carbons (Fsp3) is 0.